The average Bonchev–Trinajstić information content (AvgIpc) is 2.72. The zero-order valence-electron chi connectivity index (χ0n) is 14.2. The molecule has 1 aliphatic carbocycles. The van der Waals surface area contributed by atoms with Crippen molar-refractivity contribution in [3.05, 3.63) is 64.7 Å². The molecular formula is C20H24N2S. The summed E-state index contributed by atoms with van der Waals surface area (Å²) in [5.41, 5.74) is 6.67. The lowest BCUT2D eigenvalue weighted by atomic mass is 9.98. The molecular weight excluding hydrogens is 300 g/mol. The molecule has 2 aromatic carbocycles. The summed E-state index contributed by atoms with van der Waals surface area (Å²) in [6.45, 7) is 1.81. The van der Waals surface area contributed by atoms with E-state index in [0.29, 0.717) is 0 Å². The first kappa shape index (κ1) is 16.3. The lowest BCUT2D eigenvalue weighted by molar-refractivity contribution is 0.420. The van der Waals surface area contributed by atoms with Crippen LogP contribution in [-0.2, 0) is 12.8 Å². The van der Waals surface area contributed by atoms with Crippen LogP contribution in [0.15, 0.2) is 52.4 Å². The van der Waals surface area contributed by atoms with E-state index in [-0.39, 0.29) is 0 Å². The Kier molecular flexibility index (Phi) is 5.19. The third-order valence-corrected chi connectivity index (χ3v) is 5.16. The first-order chi connectivity index (χ1) is 11.2. The van der Waals surface area contributed by atoms with Gasteiger partial charge in [-0.05, 0) is 50.4 Å². The van der Waals surface area contributed by atoms with E-state index < -0.39 is 0 Å². The zero-order valence-corrected chi connectivity index (χ0v) is 15.0. The number of fused-ring (bicyclic) bond motifs is 2. The van der Waals surface area contributed by atoms with Crippen molar-refractivity contribution in [1.82, 2.24) is 4.90 Å². The molecule has 3 heteroatoms. The van der Waals surface area contributed by atoms with Crippen LogP contribution >= 0.6 is 11.8 Å². The summed E-state index contributed by atoms with van der Waals surface area (Å²) >= 11 is 1.84. The minimum Gasteiger partial charge on any atom is -0.308 e. The zero-order chi connectivity index (χ0) is 16.2. The van der Waals surface area contributed by atoms with Gasteiger partial charge in [-0.15, -0.1) is 11.8 Å². The Morgan fingerprint density at radius 2 is 1.78 bits per heavy atom. The van der Waals surface area contributed by atoms with Gasteiger partial charge in [0.25, 0.3) is 0 Å². The Hall–Kier alpha value is -1.58. The van der Waals surface area contributed by atoms with Crippen LogP contribution in [0.3, 0.4) is 0 Å². The second kappa shape index (κ2) is 7.33. The molecule has 0 atom stereocenters. The number of likely N-dealkylation sites (N-methyl/N-ethyl adjacent to an activating group) is 1. The highest BCUT2D eigenvalue weighted by Crippen LogP contribution is 2.31. The van der Waals surface area contributed by atoms with Crippen LogP contribution in [-0.4, -0.2) is 44.1 Å². The maximum Gasteiger partial charge on any atom is 0.0725 e. The Morgan fingerprint density at radius 1 is 1.00 bits per heavy atom. The Bertz CT molecular complexity index is 719. The van der Waals surface area contributed by atoms with Gasteiger partial charge in [0, 0.05) is 22.6 Å². The quantitative estimate of drug-likeness (QED) is 0.793. The van der Waals surface area contributed by atoms with Crippen LogP contribution in [0, 0.1) is 0 Å². The van der Waals surface area contributed by atoms with Crippen LogP contribution in [0.25, 0.3) is 0 Å². The van der Waals surface area contributed by atoms with Crippen molar-refractivity contribution in [3.63, 3.8) is 0 Å². The maximum atomic E-state index is 5.01. The fourth-order valence-electron chi connectivity index (χ4n) is 3.14. The summed E-state index contributed by atoms with van der Waals surface area (Å²) in [5, 5.41) is 0. The van der Waals surface area contributed by atoms with Crippen molar-refractivity contribution in [2.45, 2.75) is 17.7 Å². The van der Waals surface area contributed by atoms with E-state index in [0.717, 1.165) is 25.9 Å². The number of hydrogen-bond acceptors (Lipinski definition) is 3. The highest BCUT2D eigenvalue weighted by molar-refractivity contribution is 7.98. The Labute approximate surface area is 143 Å². The molecule has 2 nitrogen and oxygen atoms in total. The van der Waals surface area contributed by atoms with Gasteiger partial charge < -0.3 is 4.90 Å². The number of rotatable bonds is 4. The van der Waals surface area contributed by atoms with Gasteiger partial charge in [-0.2, -0.15) is 0 Å². The minimum atomic E-state index is 0.833. The topological polar surface area (TPSA) is 15.6 Å². The number of aliphatic imine (C=N–C) groups is 1. The molecule has 0 saturated heterocycles. The standard InChI is InChI=1S/C20H24N2S/c1-22(2)14-13-21-20-16-8-5-4-7-15(16)11-12-17-18(20)9-6-10-19(17)23-3/h4-10H,11-14H2,1-3H3. The van der Waals surface area contributed by atoms with Gasteiger partial charge in [0.15, 0.2) is 0 Å². The van der Waals surface area contributed by atoms with Crippen LogP contribution in [0.2, 0.25) is 0 Å². The number of thioether (sulfide) groups is 1. The predicted octanol–water partition coefficient (Wildman–Crippen LogP) is 3.91. The number of hydrogen-bond donors (Lipinski definition) is 0. The molecule has 0 aliphatic heterocycles. The van der Waals surface area contributed by atoms with Crippen molar-refractivity contribution < 1.29 is 0 Å². The predicted molar refractivity (Wildman–Crippen MR) is 101 cm³/mol. The summed E-state index contributed by atoms with van der Waals surface area (Å²) in [5.74, 6) is 0. The summed E-state index contributed by atoms with van der Waals surface area (Å²) in [6.07, 6.45) is 4.35. The molecule has 0 radical (unpaired) electrons. The summed E-state index contributed by atoms with van der Waals surface area (Å²) in [4.78, 5) is 8.58. The molecule has 23 heavy (non-hydrogen) atoms. The lowest BCUT2D eigenvalue weighted by Gasteiger charge is -2.14. The molecule has 0 spiro atoms. The second-order valence-electron chi connectivity index (χ2n) is 6.18. The third kappa shape index (κ3) is 3.51. The fraction of sp³-hybridized carbons (Fsp3) is 0.350. The maximum absolute atomic E-state index is 5.01. The van der Waals surface area contributed by atoms with Crippen LogP contribution in [0.1, 0.15) is 22.3 Å². The van der Waals surface area contributed by atoms with Crippen molar-refractivity contribution >= 4 is 17.5 Å². The summed E-state index contributed by atoms with van der Waals surface area (Å²) in [6, 6.07) is 15.4. The van der Waals surface area contributed by atoms with E-state index in [1.807, 2.05) is 11.8 Å². The summed E-state index contributed by atoms with van der Waals surface area (Å²) in [7, 11) is 4.20. The SMILES string of the molecule is CSc1cccc2c1CCc1ccccc1C2=NCCN(C)C. The molecule has 2 aromatic rings. The van der Waals surface area contributed by atoms with Crippen LogP contribution in [0.5, 0.6) is 0 Å². The van der Waals surface area contributed by atoms with E-state index in [9.17, 15) is 0 Å². The highest BCUT2D eigenvalue weighted by Gasteiger charge is 2.20. The molecule has 0 saturated carbocycles. The van der Waals surface area contributed by atoms with Gasteiger partial charge in [-0.3, -0.25) is 4.99 Å². The lowest BCUT2D eigenvalue weighted by Crippen LogP contribution is -2.17. The normalized spacial score (nSPS) is 15.4. The molecule has 0 heterocycles. The van der Waals surface area contributed by atoms with E-state index in [4.69, 9.17) is 4.99 Å². The average molecular weight is 324 g/mol. The van der Waals surface area contributed by atoms with Crippen molar-refractivity contribution in [2.75, 3.05) is 33.4 Å². The van der Waals surface area contributed by atoms with Crippen LogP contribution < -0.4 is 0 Å². The number of aryl methyl sites for hydroxylation is 1. The first-order valence-corrected chi connectivity index (χ1v) is 9.37. The van der Waals surface area contributed by atoms with Crippen molar-refractivity contribution in [2.24, 2.45) is 4.99 Å². The first-order valence-electron chi connectivity index (χ1n) is 8.14. The molecule has 0 aromatic heterocycles. The number of benzene rings is 2. The van der Waals surface area contributed by atoms with E-state index in [1.165, 1.54) is 32.9 Å². The summed E-state index contributed by atoms with van der Waals surface area (Å²) < 4.78 is 0. The third-order valence-electron chi connectivity index (χ3n) is 4.34. The molecule has 0 amide bonds. The second-order valence-corrected chi connectivity index (χ2v) is 7.03. The molecule has 0 bridgehead atoms. The van der Waals surface area contributed by atoms with Gasteiger partial charge in [-0.1, -0.05) is 36.4 Å². The smallest absolute Gasteiger partial charge is 0.0725 e. The molecule has 3 rings (SSSR count). The van der Waals surface area contributed by atoms with Crippen molar-refractivity contribution in [1.29, 1.82) is 0 Å². The molecule has 0 fully saturated rings. The van der Waals surface area contributed by atoms with Gasteiger partial charge in [0.2, 0.25) is 0 Å². The van der Waals surface area contributed by atoms with Gasteiger partial charge in [0.05, 0.1) is 12.3 Å². The fourth-order valence-corrected chi connectivity index (χ4v) is 3.82. The molecule has 1 aliphatic rings. The van der Waals surface area contributed by atoms with E-state index in [1.54, 1.807) is 0 Å². The number of nitrogens with zero attached hydrogens (tertiary/aromatic N) is 2. The van der Waals surface area contributed by atoms with Gasteiger partial charge in [-0.25, -0.2) is 0 Å². The molecule has 120 valence electrons. The monoisotopic (exact) mass is 324 g/mol. The highest BCUT2D eigenvalue weighted by atomic mass is 32.2. The van der Waals surface area contributed by atoms with Crippen LogP contribution in [0.4, 0.5) is 0 Å². The Balaban J connectivity index is 2.12. The van der Waals surface area contributed by atoms with E-state index >= 15 is 0 Å². The van der Waals surface area contributed by atoms with Crippen molar-refractivity contribution in [3.8, 4) is 0 Å². The minimum absolute atomic E-state index is 0.833. The molecule has 0 N–H and O–H groups in total. The largest absolute Gasteiger partial charge is 0.308 e. The Morgan fingerprint density at radius 3 is 2.57 bits per heavy atom. The molecule has 0 unspecified atom stereocenters. The van der Waals surface area contributed by atoms with Gasteiger partial charge >= 0.3 is 0 Å². The van der Waals surface area contributed by atoms with E-state index in [2.05, 4.69) is 67.7 Å². The van der Waals surface area contributed by atoms with Gasteiger partial charge in [0.1, 0.15) is 0 Å².